The van der Waals surface area contributed by atoms with Crippen LogP contribution in [0, 0.1) is 5.82 Å². The number of rotatable bonds is 8. The van der Waals surface area contributed by atoms with Crippen molar-refractivity contribution < 1.29 is 32.2 Å². The molecule has 0 saturated heterocycles. The molecule has 2 heterocycles. The van der Waals surface area contributed by atoms with Gasteiger partial charge in [-0.1, -0.05) is 17.7 Å². The molecule has 0 aliphatic rings. The first kappa shape index (κ1) is 27.8. The molecule has 39 heavy (non-hydrogen) atoms. The lowest BCUT2D eigenvalue weighted by Gasteiger charge is -2.15. The molecule has 0 radical (unpaired) electrons. The molecule has 2 aromatic carbocycles. The first-order chi connectivity index (χ1) is 18.5. The van der Waals surface area contributed by atoms with E-state index in [2.05, 4.69) is 20.5 Å². The van der Waals surface area contributed by atoms with E-state index in [0.717, 1.165) is 10.7 Å². The normalized spacial score (nSPS) is 12.4. The third kappa shape index (κ3) is 6.43. The summed E-state index contributed by atoms with van der Waals surface area (Å²) in [5.41, 5.74) is -0.478. The van der Waals surface area contributed by atoms with Crippen LogP contribution in [-0.2, 0) is 24.4 Å². The minimum atomic E-state index is -4.98. The second-order valence-electron chi connectivity index (χ2n) is 8.10. The number of aliphatic hydroxyl groups excluding tert-OH is 1. The predicted octanol–water partition coefficient (Wildman–Crippen LogP) is 2.91. The van der Waals surface area contributed by atoms with Crippen molar-refractivity contribution in [3.05, 3.63) is 81.5 Å². The highest BCUT2D eigenvalue weighted by Crippen LogP contribution is 2.24. The molecular formula is C23H20ClF4N7O4. The Hall–Kier alpha value is -4.24. The number of alkyl carbamates (subject to hydrolysis) is 1. The first-order valence-corrected chi connectivity index (χ1v) is 11.6. The van der Waals surface area contributed by atoms with Gasteiger partial charge in [-0.25, -0.2) is 28.3 Å². The summed E-state index contributed by atoms with van der Waals surface area (Å²) < 4.78 is 60.9. The third-order valence-corrected chi connectivity index (χ3v) is 5.61. The van der Waals surface area contributed by atoms with Crippen LogP contribution in [0.4, 0.5) is 22.4 Å². The number of halogens is 5. The van der Waals surface area contributed by atoms with Crippen LogP contribution in [0.3, 0.4) is 0 Å². The number of aliphatic hydroxyl groups is 1. The Labute approximate surface area is 222 Å². The lowest BCUT2D eigenvalue weighted by Crippen LogP contribution is -2.37. The fourth-order valence-electron chi connectivity index (χ4n) is 3.50. The largest absolute Gasteiger partial charge is 0.441 e. The van der Waals surface area contributed by atoms with Gasteiger partial charge in [-0.15, -0.1) is 10.2 Å². The molecule has 206 valence electrons. The van der Waals surface area contributed by atoms with Gasteiger partial charge in [0.2, 0.25) is 0 Å². The summed E-state index contributed by atoms with van der Waals surface area (Å²) in [4.78, 5) is 28.9. The van der Waals surface area contributed by atoms with E-state index < -0.39 is 43.0 Å². The van der Waals surface area contributed by atoms with Crippen LogP contribution in [0.25, 0.3) is 17.1 Å². The average Bonchev–Trinajstić information content (AvgIpc) is 3.43. The highest BCUT2D eigenvalue weighted by atomic mass is 35.5. The smallest absolute Gasteiger partial charge is 0.416 e. The molecule has 4 aromatic rings. The van der Waals surface area contributed by atoms with E-state index in [1.165, 1.54) is 54.2 Å². The number of hydrogen-bond acceptors (Lipinski definition) is 7. The number of nitrogens with zero attached hydrogens (tertiary/aromatic N) is 6. The summed E-state index contributed by atoms with van der Waals surface area (Å²) >= 11 is 5.90. The molecule has 0 unspecified atom stereocenters. The Bertz CT molecular complexity index is 1530. The molecule has 0 saturated carbocycles. The second kappa shape index (κ2) is 11.2. The Morgan fingerprint density at radius 3 is 2.54 bits per heavy atom. The van der Waals surface area contributed by atoms with Gasteiger partial charge in [0.05, 0.1) is 12.2 Å². The van der Waals surface area contributed by atoms with Crippen molar-refractivity contribution in [2.24, 2.45) is 0 Å². The molecule has 0 aliphatic carbocycles. The fourth-order valence-corrected chi connectivity index (χ4v) is 3.63. The molecule has 16 heteroatoms. The Kier molecular flexibility index (Phi) is 8.01. The van der Waals surface area contributed by atoms with Gasteiger partial charge in [0, 0.05) is 17.6 Å². The minimum absolute atomic E-state index is 0.0412. The molecule has 1 amide bonds. The van der Waals surface area contributed by atoms with Gasteiger partial charge in [-0.2, -0.15) is 13.2 Å². The summed E-state index contributed by atoms with van der Waals surface area (Å²) in [5, 5.41) is 20.7. The lowest BCUT2D eigenvalue weighted by molar-refractivity contribution is -0.207. The van der Waals surface area contributed by atoms with Crippen molar-refractivity contribution in [3.8, 4) is 17.1 Å². The summed E-state index contributed by atoms with van der Waals surface area (Å²) in [6.07, 6.45) is -8.59. The summed E-state index contributed by atoms with van der Waals surface area (Å²) in [5.74, 6) is -0.709. The number of benzene rings is 2. The Morgan fingerprint density at radius 2 is 1.90 bits per heavy atom. The Balaban J connectivity index is 1.74. The van der Waals surface area contributed by atoms with Gasteiger partial charge in [-0.3, -0.25) is 4.57 Å². The van der Waals surface area contributed by atoms with Crippen molar-refractivity contribution >= 4 is 17.7 Å². The zero-order valence-electron chi connectivity index (χ0n) is 20.1. The van der Waals surface area contributed by atoms with Crippen molar-refractivity contribution in [3.63, 3.8) is 0 Å². The van der Waals surface area contributed by atoms with Crippen molar-refractivity contribution in [2.45, 2.75) is 32.0 Å². The zero-order valence-corrected chi connectivity index (χ0v) is 20.8. The first-order valence-electron chi connectivity index (χ1n) is 11.2. The molecule has 0 bridgehead atoms. The number of carbonyl (C=O) groups is 1. The highest BCUT2D eigenvalue weighted by Gasteiger charge is 2.39. The van der Waals surface area contributed by atoms with Gasteiger partial charge in [0.15, 0.2) is 30.2 Å². The van der Waals surface area contributed by atoms with Gasteiger partial charge < -0.3 is 15.2 Å². The van der Waals surface area contributed by atoms with Gasteiger partial charge in [0.1, 0.15) is 12.4 Å². The molecule has 0 spiro atoms. The van der Waals surface area contributed by atoms with E-state index in [9.17, 15) is 32.3 Å². The second-order valence-corrected chi connectivity index (χ2v) is 8.54. The molecule has 4 rings (SSSR count). The maximum Gasteiger partial charge on any atom is 0.416 e. The monoisotopic (exact) mass is 569 g/mol. The van der Waals surface area contributed by atoms with E-state index in [1.54, 1.807) is 0 Å². The van der Waals surface area contributed by atoms with Crippen molar-refractivity contribution in [2.75, 3.05) is 7.05 Å². The molecule has 2 N–H and O–H groups in total. The number of amides is 1. The van der Waals surface area contributed by atoms with E-state index >= 15 is 0 Å². The van der Waals surface area contributed by atoms with Crippen LogP contribution in [0.15, 0.2) is 53.3 Å². The van der Waals surface area contributed by atoms with Crippen LogP contribution >= 0.6 is 11.6 Å². The van der Waals surface area contributed by atoms with E-state index in [4.69, 9.17) is 16.3 Å². The molecule has 2 aromatic heterocycles. The van der Waals surface area contributed by atoms with E-state index in [1.807, 2.05) is 0 Å². The zero-order chi connectivity index (χ0) is 28.3. The third-order valence-electron chi connectivity index (χ3n) is 5.36. The Morgan fingerprint density at radius 1 is 1.18 bits per heavy atom. The summed E-state index contributed by atoms with van der Waals surface area (Å²) in [6.45, 7) is -1.90. The number of carbonyl (C=O) groups excluding carboxylic acids is 1. The van der Waals surface area contributed by atoms with Crippen LogP contribution < -0.4 is 11.0 Å². The number of alkyl halides is 3. The maximum atomic E-state index is 13.9. The minimum Gasteiger partial charge on any atom is -0.441 e. The molecule has 0 fully saturated rings. The quantitative estimate of drug-likeness (QED) is 0.312. The molecule has 0 aliphatic heterocycles. The summed E-state index contributed by atoms with van der Waals surface area (Å²) in [7, 11) is 1.35. The maximum absolute atomic E-state index is 13.9. The van der Waals surface area contributed by atoms with E-state index in [-0.39, 0.29) is 35.3 Å². The highest BCUT2D eigenvalue weighted by molar-refractivity contribution is 6.30. The van der Waals surface area contributed by atoms with Gasteiger partial charge in [0.25, 0.3) is 0 Å². The van der Waals surface area contributed by atoms with Gasteiger partial charge >= 0.3 is 18.0 Å². The van der Waals surface area contributed by atoms with Crippen LogP contribution in [-0.4, -0.2) is 59.6 Å². The topological polar surface area (TPSA) is 129 Å². The molecule has 1 atom stereocenters. The number of nitrogens with one attached hydrogen (secondary N) is 1. The van der Waals surface area contributed by atoms with Crippen LogP contribution in [0.2, 0.25) is 5.02 Å². The predicted molar refractivity (Wildman–Crippen MR) is 129 cm³/mol. The SMILES string of the molecule is CNC(=O)OCc1nc(Cn2nc(-c3ccc(Cl)cc3)n(C[C@H](O)C(F)(F)F)c2=O)nn1-c1cccc(F)c1. The standard InChI is InChI=1S/C23H20ClF4N7O4/c1-29-21(37)39-12-19-30-18(31-35(19)16-4-2-3-15(25)9-16)11-34-22(38)33(10-17(36)23(26,27)28)20(32-34)13-5-7-14(24)8-6-13/h2-9,17,36H,10-12H2,1H3,(H,29,37)/t17-/m0/s1. The number of aromatic nitrogens is 6. The number of hydrogen-bond donors (Lipinski definition) is 2. The summed E-state index contributed by atoms with van der Waals surface area (Å²) in [6, 6.07) is 11.1. The van der Waals surface area contributed by atoms with Gasteiger partial charge in [-0.05, 0) is 42.5 Å². The van der Waals surface area contributed by atoms with Crippen LogP contribution in [0.5, 0.6) is 0 Å². The number of ether oxygens (including phenoxy) is 1. The molecule has 11 nitrogen and oxygen atoms in total. The fraction of sp³-hybridized carbons (Fsp3) is 0.261. The van der Waals surface area contributed by atoms with Crippen molar-refractivity contribution in [1.29, 1.82) is 0 Å². The average molecular weight is 570 g/mol. The lowest BCUT2D eigenvalue weighted by atomic mass is 10.2. The van der Waals surface area contributed by atoms with Crippen LogP contribution in [0.1, 0.15) is 11.6 Å². The van der Waals surface area contributed by atoms with Crippen molar-refractivity contribution in [1.82, 2.24) is 34.4 Å². The van der Waals surface area contributed by atoms with E-state index in [0.29, 0.717) is 9.59 Å². The molecular weight excluding hydrogens is 550 g/mol.